The van der Waals surface area contributed by atoms with Crippen molar-refractivity contribution >= 4 is 15.9 Å². The molecule has 1 aliphatic rings. The van der Waals surface area contributed by atoms with E-state index in [1.165, 1.54) is 12.8 Å². The summed E-state index contributed by atoms with van der Waals surface area (Å²) in [6, 6.07) is 8.21. The fourth-order valence-corrected chi connectivity index (χ4v) is 2.93. The maximum absolute atomic E-state index is 6.23. The van der Waals surface area contributed by atoms with Crippen LogP contribution < -0.4 is 5.73 Å². The van der Waals surface area contributed by atoms with Gasteiger partial charge in [0, 0.05) is 17.1 Å². The number of hydrogen-bond donors (Lipinski definition) is 1. The van der Waals surface area contributed by atoms with Crippen LogP contribution in [0.1, 0.15) is 44.3 Å². The summed E-state index contributed by atoms with van der Waals surface area (Å²) in [5.74, 6) is 0. The fourth-order valence-electron chi connectivity index (χ4n) is 2.51. The monoisotopic (exact) mass is 341 g/mol. The van der Waals surface area contributed by atoms with Gasteiger partial charge in [0.15, 0.2) is 0 Å². The highest BCUT2D eigenvalue weighted by Gasteiger charge is 2.22. The van der Waals surface area contributed by atoms with Gasteiger partial charge in [-0.25, -0.2) is 0 Å². The molecule has 0 radical (unpaired) electrons. The van der Waals surface area contributed by atoms with Crippen LogP contribution in [0.15, 0.2) is 28.7 Å². The Hall–Kier alpha value is -0.420. The van der Waals surface area contributed by atoms with E-state index in [-0.39, 0.29) is 18.2 Å². The van der Waals surface area contributed by atoms with Gasteiger partial charge in [0.2, 0.25) is 0 Å². The van der Waals surface area contributed by atoms with Crippen LogP contribution in [-0.4, -0.2) is 25.4 Å². The fraction of sp³-hybridized carbons (Fsp3) is 0.625. The molecule has 2 N–H and O–H groups in total. The molecular weight excluding hydrogens is 318 g/mol. The first-order valence-corrected chi connectivity index (χ1v) is 8.24. The Labute approximate surface area is 130 Å². The summed E-state index contributed by atoms with van der Waals surface area (Å²) in [6.07, 6.45) is 4.54. The highest BCUT2D eigenvalue weighted by molar-refractivity contribution is 9.10. The molecule has 0 aromatic heterocycles. The summed E-state index contributed by atoms with van der Waals surface area (Å²) in [4.78, 5) is 0. The van der Waals surface area contributed by atoms with E-state index in [1.807, 2.05) is 12.1 Å². The average molecular weight is 342 g/mol. The van der Waals surface area contributed by atoms with Crippen LogP contribution in [0.5, 0.6) is 0 Å². The van der Waals surface area contributed by atoms with Gasteiger partial charge in [-0.15, -0.1) is 0 Å². The Morgan fingerprint density at radius 2 is 2.30 bits per heavy atom. The lowest BCUT2D eigenvalue weighted by atomic mass is 10.0. The Morgan fingerprint density at radius 3 is 2.95 bits per heavy atom. The van der Waals surface area contributed by atoms with Crippen molar-refractivity contribution in [2.75, 3.05) is 13.2 Å². The van der Waals surface area contributed by atoms with E-state index >= 15 is 0 Å². The van der Waals surface area contributed by atoms with Gasteiger partial charge in [-0.05, 0) is 43.4 Å². The zero-order valence-electron chi connectivity index (χ0n) is 12.1. The lowest BCUT2D eigenvalue weighted by molar-refractivity contribution is -0.0695. The molecule has 1 aromatic rings. The zero-order chi connectivity index (χ0) is 14.4. The third-order valence-corrected chi connectivity index (χ3v) is 4.27. The molecule has 1 fully saturated rings. The maximum atomic E-state index is 6.23. The molecule has 0 bridgehead atoms. The van der Waals surface area contributed by atoms with E-state index in [2.05, 4.69) is 35.0 Å². The summed E-state index contributed by atoms with van der Waals surface area (Å²) in [5.41, 5.74) is 7.36. The predicted octanol–water partition coefficient (Wildman–Crippen LogP) is 3.81. The molecule has 2 rings (SSSR count). The molecule has 1 heterocycles. The lowest BCUT2D eigenvalue weighted by Gasteiger charge is -2.28. The van der Waals surface area contributed by atoms with Crippen molar-refractivity contribution in [3.63, 3.8) is 0 Å². The van der Waals surface area contributed by atoms with Crippen LogP contribution in [0, 0.1) is 0 Å². The van der Waals surface area contributed by atoms with Crippen molar-refractivity contribution in [3.05, 3.63) is 34.3 Å². The molecule has 3 atom stereocenters. The second-order valence-corrected chi connectivity index (χ2v) is 6.29. The van der Waals surface area contributed by atoms with Crippen molar-refractivity contribution in [3.8, 4) is 0 Å². The molecule has 0 spiro atoms. The third kappa shape index (κ3) is 4.55. The van der Waals surface area contributed by atoms with Gasteiger partial charge in [-0.3, -0.25) is 0 Å². The first-order chi connectivity index (χ1) is 9.70. The summed E-state index contributed by atoms with van der Waals surface area (Å²) >= 11 is 3.51. The molecule has 112 valence electrons. The standard InChI is InChI=1S/C16H24BrNO2/c1-2-15(18)16(12-6-5-7-13(17)10-12)20-11-14-8-3-4-9-19-14/h5-7,10,14-16H,2-4,8-9,11,18H2,1H3. The van der Waals surface area contributed by atoms with Gasteiger partial charge in [0.05, 0.1) is 18.8 Å². The van der Waals surface area contributed by atoms with Crippen LogP contribution in [0.4, 0.5) is 0 Å². The van der Waals surface area contributed by atoms with E-state index in [9.17, 15) is 0 Å². The average Bonchev–Trinajstić information content (AvgIpc) is 2.48. The first-order valence-electron chi connectivity index (χ1n) is 7.45. The Morgan fingerprint density at radius 1 is 1.45 bits per heavy atom. The second-order valence-electron chi connectivity index (χ2n) is 5.37. The molecule has 20 heavy (non-hydrogen) atoms. The lowest BCUT2D eigenvalue weighted by Crippen LogP contribution is -2.33. The Balaban J connectivity index is 2.00. The van der Waals surface area contributed by atoms with E-state index in [1.54, 1.807) is 0 Å². The highest BCUT2D eigenvalue weighted by Crippen LogP contribution is 2.26. The smallest absolute Gasteiger partial charge is 0.0977 e. The molecule has 4 heteroatoms. The minimum atomic E-state index is -0.0666. The molecule has 3 nitrogen and oxygen atoms in total. The van der Waals surface area contributed by atoms with E-state index < -0.39 is 0 Å². The summed E-state index contributed by atoms with van der Waals surface area (Å²) < 4.78 is 12.9. The maximum Gasteiger partial charge on any atom is 0.0977 e. The quantitative estimate of drug-likeness (QED) is 0.855. The minimum absolute atomic E-state index is 0.00731. The largest absolute Gasteiger partial charge is 0.376 e. The zero-order valence-corrected chi connectivity index (χ0v) is 13.6. The minimum Gasteiger partial charge on any atom is -0.376 e. The molecule has 0 saturated carbocycles. The normalized spacial score (nSPS) is 22.4. The van der Waals surface area contributed by atoms with Crippen LogP contribution >= 0.6 is 15.9 Å². The summed E-state index contributed by atoms with van der Waals surface area (Å²) in [5, 5.41) is 0. The van der Waals surface area contributed by atoms with E-state index in [4.69, 9.17) is 15.2 Å². The molecular formula is C16H24BrNO2. The molecule has 1 aliphatic heterocycles. The van der Waals surface area contributed by atoms with Gasteiger partial charge >= 0.3 is 0 Å². The van der Waals surface area contributed by atoms with Crippen molar-refractivity contribution in [1.29, 1.82) is 0 Å². The summed E-state index contributed by atoms with van der Waals surface area (Å²) in [7, 11) is 0. The Bertz CT molecular complexity index is 407. The Kier molecular flexibility index (Phi) is 6.49. The van der Waals surface area contributed by atoms with Gasteiger partial charge in [0.1, 0.15) is 0 Å². The van der Waals surface area contributed by atoms with Gasteiger partial charge in [-0.1, -0.05) is 35.0 Å². The van der Waals surface area contributed by atoms with E-state index in [0.29, 0.717) is 6.61 Å². The van der Waals surface area contributed by atoms with Gasteiger partial charge < -0.3 is 15.2 Å². The van der Waals surface area contributed by atoms with Crippen molar-refractivity contribution in [2.45, 2.75) is 50.9 Å². The molecule has 0 aliphatic carbocycles. The number of ether oxygens (including phenoxy) is 2. The SMILES string of the molecule is CCC(N)C(OCC1CCCCO1)c1cccc(Br)c1. The highest BCUT2D eigenvalue weighted by atomic mass is 79.9. The van der Waals surface area contributed by atoms with Crippen molar-refractivity contribution < 1.29 is 9.47 Å². The number of nitrogens with two attached hydrogens (primary N) is 1. The second kappa shape index (κ2) is 8.13. The number of rotatable bonds is 6. The molecule has 1 aromatic carbocycles. The van der Waals surface area contributed by atoms with Crippen molar-refractivity contribution in [2.24, 2.45) is 5.73 Å². The predicted molar refractivity (Wildman–Crippen MR) is 84.7 cm³/mol. The molecule has 1 saturated heterocycles. The molecule has 3 unspecified atom stereocenters. The summed E-state index contributed by atoms with van der Waals surface area (Å²) in [6.45, 7) is 3.58. The molecule has 0 amide bonds. The number of halogens is 1. The first kappa shape index (κ1) is 16.0. The number of benzene rings is 1. The topological polar surface area (TPSA) is 44.5 Å². The van der Waals surface area contributed by atoms with Crippen LogP contribution in [0.3, 0.4) is 0 Å². The van der Waals surface area contributed by atoms with Gasteiger partial charge in [0.25, 0.3) is 0 Å². The number of hydrogen-bond acceptors (Lipinski definition) is 3. The van der Waals surface area contributed by atoms with Crippen LogP contribution in [0.25, 0.3) is 0 Å². The van der Waals surface area contributed by atoms with E-state index in [0.717, 1.165) is 29.5 Å². The third-order valence-electron chi connectivity index (χ3n) is 3.77. The van der Waals surface area contributed by atoms with Crippen LogP contribution in [0.2, 0.25) is 0 Å². The van der Waals surface area contributed by atoms with Crippen molar-refractivity contribution in [1.82, 2.24) is 0 Å². The van der Waals surface area contributed by atoms with Crippen LogP contribution in [-0.2, 0) is 9.47 Å². The van der Waals surface area contributed by atoms with Gasteiger partial charge in [-0.2, -0.15) is 0 Å².